The lowest BCUT2D eigenvalue weighted by Gasteiger charge is -1.92. The first-order valence-corrected chi connectivity index (χ1v) is 3.05. The van der Waals surface area contributed by atoms with Gasteiger partial charge < -0.3 is 0 Å². The lowest BCUT2D eigenvalue weighted by molar-refractivity contribution is 0.101. The maximum atomic E-state index is 10.7. The van der Waals surface area contributed by atoms with Crippen molar-refractivity contribution in [3.8, 4) is 0 Å². The maximum absolute atomic E-state index is 10.7. The first-order valence-electron chi connectivity index (χ1n) is 3.05. The molecule has 0 bridgehead atoms. The molecule has 0 saturated carbocycles. The SMILES string of the molecule is CC(=O)c1c[c]c(C)nc1. The molecule has 0 aliphatic carbocycles. The van der Waals surface area contributed by atoms with Gasteiger partial charge in [0.25, 0.3) is 0 Å². The highest BCUT2D eigenvalue weighted by molar-refractivity contribution is 5.93. The van der Waals surface area contributed by atoms with Crippen LogP contribution < -0.4 is 0 Å². The van der Waals surface area contributed by atoms with Gasteiger partial charge in [0, 0.05) is 23.5 Å². The van der Waals surface area contributed by atoms with E-state index >= 15 is 0 Å². The first-order chi connectivity index (χ1) is 4.70. The van der Waals surface area contributed by atoms with Crippen molar-refractivity contribution in [3.05, 3.63) is 29.6 Å². The van der Waals surface area contributed by atoms with Crippen LogP contribution in [0.3, 0.4) is 0 Å². The van der Waals surface area contributed by atoms with E-state index in [1.807, 2.05) is 6.92 Å². The summed E-state index contributed by atoms with van der Waals surface area (Å²) >= 11 is 0. The van der Waals surface area contributed by atoms with Gasteiger partial charge in [0.2, 0.25) is 0 Å². The molecular formula is C8H8NO. The van der Waals surface area contributed by atoms with E-state index in [2.05, 4.69) is 11.1 Å². The number of aromatic nitrogens is 1. The van der Waals surface area contributed by atoms with Crippen LogP contribution in [0.1, 0.15) is 23.0 Å². The van der Waals surface area contributed by atoms with E-state index in [1.54, 1.807) is 12.3 Å². The van der Waals surface area contributed by atoms with E-state index in [-0.39, 0.29) is 5.78 Å². The zero-order valence-electron chi connectivity index (χ0n) is 6.01. The maximum Gasteiger partial charge on any atom is 0.161 e. The highest BCUT2D eigenvalue weighted by Crippen LogP contribution is 1.98. The summed E-state index contributed by atoms with van der Waals surface area (Å²) in [7, 11) is 0. The van der Waals surface area contributed by atoms with Gasteiger partial charge in [-0.05, 0) is 19.9 Å². The summed E-state index contributed by atoms with van der Waals surface area (Å²) in [6, 6.07) is 4.51. The van der Waals surface area contributed by atoms with E-state index in [4.69, 9.17) is 0 Å². The number of rotatable bonds is 1. The van der Waals surface area contributed by atoms with Crippen molar-refractivity contribution in [2.75, 3.05) is 0 Å². The molecule has 1 aromatic rings. The topological polar surface area (TPSA) is 30.0 Å². The van der Waals surface area contributed by atoms with Gasteiger partial charge in [0.1, 0.15) is 0 Å². The van der Waals surface area contributed by atoms with Gasteiger partial charge in [-0.15, -0.1) is 0 Å². The highest BCUT2D eigenvalue weighted by Gasteiger charge is 1.96. The Bertz CT molecular complexity index is 238. The van der Waals surface area contributed by atoms with Crippen molar-refractivity contribution >= 4 is 5.78 Å². The van der Waals surface area contributed by atoms with Gasteiger partial charge >= 0.3 is 0 Å². The molecule has 51 valence electrons. The van der Waals surface area contributed by atoms with Gasteiger partial charge in [0.05, 0.1) is 0 Å². The number of carbonyl (C=O) groups excluding carboxylic acids is 1. The molecule has 10 heavy (non-hydrogen) atoms. The van der Waals surface area contributed by atoms with Crippen LogP contribution in [0.2, 0.25) is 0 Å². The van der Waals surface area contributed by atoms with Crippen molar-refractivity contribution in [2.45, 2.75) is 13.8 Å². The third-order valence-corrected chi connectivity index (χ3v) is 1.24. The number of hydrogen-bond acceptors (Lipinski definition) is 2. The third-order valence-electron chi connectivity index (χ3n) is 1.24. The van der Waals surface area contributed by atoms with Gasteiger partial charge in [-0.2, -0.15) is 0 Å². The molecule has 0 aliphatic heterocycles. The number of carbonyl (C=O) groups is 1. The van der Waals surface area contributed by atoms with Crippen LogP contribution in [0.15, 0.2) is 12.3 Å². The number of ketones is 1. The van der Waals surface area contributed by atoms with Crippen molar-refractivity contribution < 1.29 is 4.79 Å². The molecule has 1 radical (unpaired) electrons. The molecule has 1 rings (SSSR count). The number of pyridine rings is 1. The molecule has 0 aromatic carbocycles. The molecule has 0 spiro atoms. The predicted octanol–water partition coefficient (Wildman–Crippen LogP) is 1.39. The van der Waals surface area contributed by atoms with E-state index < -0.39 is 0 Å². The normalized spacial score (nSPS) is 9.40. The summed E-state index contributed by atoms with van der Waals surface area (Å²) in [5.41, 5.74) is 1.43. The van der Waals surface area contributed by atoms with Crippen LogP contribution in [0, 0.1) is 13.0 Å². The Kier molecular flexibility index (Phi) is 1.81. The largest absolute Gasteiger partial charge is 0.294 e. The van der Waals surface area contributed by atoms with E-state index in [9.17, 15) is 4.79 Å². The molecular weight excluding hydrogens is 126 g/mol. The Morgan fingerprint density at radius 1 is 1.70 bits per heavy atom. The second-order valence-corrected chi connectivity index (χ2v) is 2.14. The predicted molar refractivity (Wildman–Crippen MR) is 37.8 cm³/mol. The van der Waals surface area contributed by atoms with Crippen LogP contribution in [-0.2, 0) is 0 Å². The van der Waals surface area contributed by atoms with Gasteiger partial charge in [-0.25, -0.2) is 0 Å². The molecule has 0 amide bonds. The average molecular weight is 134 g/mol. The summed E-state index contributed by atoms with van der Waals surface area (Å²) in [5, 5.41) is 0. The number of nitrogens with zero attached hydrogens (tertiary/aromatic N) is 1. The second kappa shape index (κ2) is 2.60. The fraction of sp³-hybridized carbons (Fsp3) is 0.250. The van der Waals surface area contributed by atoms with Crippen molar-refractivity contribution in [3.63, 3.8) is 0 Å². The van der Waals surface area contributed by atoms with Crippen LogP contribution >= 0.6 is 0 Å². The molecule has 2 heteroatoms. The Labute approximate surface area is 59.9 Å². The van der Waals surface area contributed by atoms with Crippen LogP contribution in [0.4, 0.5) is 0 Å². The molecule has 0 fully saturated rings. The smallest absolute Gasteiger partial charge is 0.161 e. The standard InChI is InChI=1S/C8H8NO/c1-6-3-4-8(5-9-6)7(2)10/h4-5H,1-2H3. The molecule has 1 aromatic heterocycles. The van der Waals surface area contributed by atoms with Crippen LogP contribution in [0.25, 0.3) is 0 Å². The average Bonchev–Trinajstić information content (AvgIpc) is 1.88. The Hall–Kier alpha value is -1.18. The lowest BCUT2D eigenvalue weighted by Crippen LogP contribution is -1.93. The van der Waals surface area contributed by atoms with Gasteiger partial charge in [-0.1, -0.05) is 0 Å². The van der Waals surface area contributed by atoms with Crippen LogP contribution in [-0.4, -0.2) is 10.8 Å². The minimum atomic E-state index is 0.0313. The number of hydrogen-bond donors (Lipinski definition) is 0. The molecule has 1 heterocycles. The van der Waals surface area contributed by atoms with E-state index in [0.29, 0.717) is 5.56 Å². The quantitative estimate of drug-likeness (QED) is 0.543. The molecule has 0 aliphatic rings. The molecule has 0 N–H and O–H groups in total. The molecule has 0 atom stereocenters. The Morgan fingerprint density at radius 2 is 2.40 bits per heavy atom. The van der Waals surface area contributed by atoms with Gasteiger partial charge in [0.15, 0.2) is 5.78 Å². The van der Waals surface area contributed by atoms with E-state index in [1.165, 1.54) is 6.92 Å². The summed E-state index contributed by atoms with van der Waals surface area (Å²) < 4.78 is 0. The fourth-order valence-electron chi connectivity index (χ4n) is 0.616. The number of aryl methyl sites for hydroxylation is 1. The molecule has 0 saturated heterocycles. The summed E-state index contributed by atoms with van der Waals surface area (Å²) in [5.74, 6) is 0.0313. The van der Waals surface area contributed by atoms with Crippen LogP contribution in [0.5, 0.6) is 0 Å². The molecule has 0 unspecified atom stereocenters. The fourth-order valence-corrected chi connectivity index (χ4v) is 0.616. The highest BCUT2D eigenvalue weighted by atomic mass is 16.1. The Morgan fingerprint density at radius 3 is 2.80 bits per heavy atom. The second-order valence-electron chi connectivity index (χ2n) is 2.14. The molecule has 2 nitrogen and oxygen atoms in total. The Balaban J connectivity index is 3.00. The summed E-state index contributed by atoms with van der Waals surface area (Å²) in [6.07, 6.45) is 1.56. The van der Waals surface area contributed by atoms with Crippen molar-refractivity contribution in [2.24, 2.45) is 0 Å². The first kappa shape index (κ1) is 6.93. The number of Topliss-reactive ketones (excluding diaryl/α,β-unsaturated/α-hetero) is 1. The van der Waals surface area contributed by atoms with Gasteiger partial charge in [-0.3, -0.25) is 9.78 Å². The van der Waals surface area contributed by atoms with E-state index in [0.717, 1.165) is 5.69 Å². The summed E-state index contributed by atoms with van der Waals surface area (Å²) in [6.45, 7) is 3.35. The zero-order chi connectivity index (χ0) is 7.56. The minimum absolute atomic E-state index is 0.0313. The third kappa shape index (κ3) is 1.41. The zero-order valence-corrected chi connectivity index (χ0v) is 6.01. The lowest BCUT2D eigenvalue weighted by atomic mass is 10.2. The summed E-state index contributed by atoms with van der Waals surface area (Å²) in [4.78, 5) is 14.6. The monoisotopic (exact) mass is 134 g/mol. The van der Waals surface area contributed by atoms with Crippen molar-refractivity contribution in [1.82, 2.24) is 4.98 Å². The minimum Gasteiger partial charge on any atom is -0.294 e. The van der Waals surface area contributed by atoms with Crippen molar-refractivity contribution in [1.29, 1.82) is 0 Å².